The zero-order chi connectivity index (χ0) is 19.2. The third kappa shape index (κ3) is 5.37. The van der Waals surface area contributed by atoms with Gasteiger partial charge >= 0.3 is 0 Å². The van der Waals surface area contributed by atoms with Gasteiger partial charge < -0.3 is 9.73 Å². The third-order valence-electron chi connectivity index (χ3n) is 4.95. The number of hydrogen-bond donors (Lipinski definition) is 1. The molecule has 0 aliphatic heterocycles. The van der Waals surface area contributed by atoms with E-state index in [0.29, 0.717) is 23.4 Å². The van der Waals surface area contributed by atoms with E-state index in [1.165, 1.54) is 43.9 Å². The number of nitrogens with one attached hydrogen (secondary N) is 1. The molecule has 148 valence electrons. The number of furan rings is 1. The Hall–Kier alpha value is -1.76. The highest BCUT2D eigenvalue weighted by Gasteiger charge is 2.23. The summed E-state index contributed by atoms with van der Waals surface area (Å²) in [5.41, 5.74) is 0. The molecule has 0 aromatic carbocycles. The second kappa shape index (κ2) is 9.44. The van der Waals surface area contributed by atoms with Crippen LogP contribution in [0, 0.1) is 11.8 Å². The monoisotopic (exact) mass is 390 g/mol. The van der Waals surface area contributed by atoms with Gasteiger partial charge in [0.2, 0.25) is 5.91 Å². The van der Waals surface area contributed by atoms with Crippen molar-refractivity contribution in [3.63, 3.8) is 0 Å². The van der Waals surface area contributed by atoms with Gasteiger partial charge in [0.05, 0.1) is 11.5 Å². The van der Waals surface area contributed by atoms with Crippen LogP contribution in [-0.4, -0.2) is 32.5 Å². The fourth-order valence-electron chi connectivity index (χ4n) is 3.49. The van der Waals surface area contributed by atoms with Gasteiger partial charge in [-0.05, 0) is 43.7 Å². The molecular weight excluding hydrogens is 360 g/mol. The Morgan fingerprint density at radius 1 is 1.30 bits per heavy atom. The summed E-state index contributed by atoms with van der Waals surface area (Å²) in [7, 11) is 0. The summed E-state index contributed by atoms with van der Waals surface area (Å²) >= 11 is 1.46. The van der Waals surface area contributed by atoms with E-state index in [0.717, 1.165) is 18.2 Å². The largest absolute Gasteiger partial charge is 0.461 e. The average Bonchev–Trinajstić information content (AvgIpc) is 3.30. The number of hydrogen-bond acceptors (Lipinski definition) is 5. The molecule has 1 unspecified atom stereocenters. The SMILES string of the molecule is CC(C)Cn1c(SC(C)C(=O)NCC2CCCCC2)nnc1-c1ccco1. The summed E-state index contributed by atoms with van der Waals surface area (Å²) in [6.07, 6.45) is 8.02. The minimum Gasteiger partial charge on any atom is -0.461 e. The normalized spacial score (nSPS) is 16.6. The number of amides is 1. The molecule has 6 nitrogen and oxygen atoms in total. The Balaban J connectivity index is 1.64. The lowest BCUT2D eigenvalue weighted by Gasteiger charge is -2.22. The van der Waals surface area contributed by atoms with Crippen molar-refractivity contribution in [3.05, 3.63) is 18.4 Å². The maximum Gasteiger partial charge on any atom is 0.233 e. The van der Waals surface area contributed by atoms with Crippen molar-refractivity contribution in [2.45, 2.75) is 69.8 Å². The average molecular weight is 391 g/mol. The summed E-state index contributed by atoms with van der Waals surface area (Å²) in [6, 6.07) is 3.73. The minimum atomic E-state index is -0.215. The number of rotatable bonds is 8. The number of carbonyl (C=O) groups excluding carboxylic acids is 1. The molecule has 1 aliphatic carbocycles. The minimum absolute atomic E-state index is 0.0734. The smallest absolute Gasteiger partial charge is 0.233 e. The van der Waals surface area contributed by atoms with E-state index in [-0.39, 0.29) is 11.2 Å². The van der Waals surface area contributed by atoms with Gasteiger partial charge in [-0.1, -0.05) is 44.9 Å². The highest BCUT2D eigenvalue weighted by atomic mass is 32.2. The van der Waals surface area contributed by atoms with E-state index < -0.39 is 0 Å². The van der Waals surface area contributed by atoms with E-state index >= 15 is 0 Å². The predicted molar refractivity (Wildman–Crippen MR) is 107 cm³/mol. The zero-order valence-corrected chi connectivity index (χ0v) is 17.3. The van der Waals surface area contributed by atoms with Crippen LogP contribution in [0.5, 0.6) is 0 Å². The standard InChI is InChI=1S/C20H30N4O2S/c1-14(2)13-24-18(17-10-7-11-26-17)22-23-20(24)27-15(3)19(25)21-12-16-8-5-4-6-9-16/h7,10-11,14-16H,4-6,8-9,12-13H2,1-3H3,(H,21,25). The van der Waals surface area contributed by atoms with Gasteiger partial charge in [0.15, 0.2) is 16.7 Å². The van der Waals surface area contributed by atoms with Gasteiger partial charge in [-0.15, -0.1) is 10.2 Å². The molecule has 0 saturated heterocycles. The Bertz CT molecular complexity index is 720. The fourth-order valence-corrected chi connectivity index (χ4v) is 4.37. The van der Waals surface area contributed by atoms with Crippen LogP contribution in [0.15, 0.2) is 28.0 Å². The van der Waals surface area contributed by atoms with Crippen molar-refractivity contribution < 1.29 is 9.21 Å². The molecule has 27 heavy (non-hydrogen) atoms. The first-order valence-corrected chi connectivity index (χ1v) is 10.8. The van der Waals surface area contributed by atoms with Gasteiger partial charge in [0.1, 0.15) is 0 Å². The predicted octanol–water partition coefficient (Wildman–Crippen LogP) is 4.37. The summed E-state index contributed by atoms with van der Waals surface area (Å²) in [6.45, 7) is 7.81. The van der Waals surface area contributed by atoms with Gasteiger partial charge in [-0.2, -0.15) is 0 Å². The van der Waals surface area contributed by atoms with Crippen LogP contribution in [0.1, 0.15) is 52.9 Å². The third-order valence-corrected chi connectivity index (χ3v) is 6.03. The van der Waals surface area contributed by atoms with Crippen LogP contribution in [0.4, 0.5) is 0 Å². The molecule has 1 amide bonds. The van der Waals surface area contributed by atoms with Crippen molar-refractivity contribution in [1.29, 1.82) is 0 Å². The number of thioether (sulfide) groups is 1. The van der Waals surface area contributed by atoms with Crippen LogP contribution in [0.3, 0.4) is 0 Å². The van der Waals surface area contributed by atoms with Gasteiger partial charge in [0, 0.05) is 13.1 Å². The van der Waals surface area contributed by atoms with Crippen LogP contribution in [0.2, 0.25) is 0 Å². The van der Waals surface area contributed by atoms with Crippen molar-refractivity contribution in [2.75, 3.05) is 6.54 Å². The van der Waals surface area contributed by atoms with E-state index in [9.17, 15) is 4.79 Å². The van der Waals surface area contributed by atoms with Gasteiger partial charge in [-0.25, -0.2) is 0 Å². The molecule has 0 bridgehead atoms. The van der Waals surface area contributed by atoms with E-state index in [4.69, 9.17) is 4.42 Å². The second-order valence-electron chi connectivity index (χ2n) is 7.80. The van der Waals surface area contributed by atoms with Crippen molar-refractivity contribution in [1.82, 2.24) is 20.1 Å². The lowest BCUT2D eigenvalue weighted by atomic mass is 9.89. The number of aromatic nitrogens is 3. The lowest BCUT2D eigenvalue weighted by Crippen LogP contribution is -2.35. The van der Waals surface area contributed by atoms with E-state index in [1.807, 2.05) is 19.1 Å². The fraction of sp³-hybridized carbons (Fsp3) is 0.650. The first-order valence-electron chi connectivity index (χ1n) is 9.96. The molecule has 7 heteroatoms. The highest BCUT2D eigenvalue weighted by Crippen LogP contribution is 2.28. The quantitative estimate of drug-likeness (QED) is 0.678. The molecule has 0 spiro atoms. The maximum atomic E-state index is 12.6. The van der Waals surface area contributed by atoms with Crippen LogP contribution in [-0.2, 0) is 11.3 Å². The molecule has 1 saturated carbocycles. The van der Waals surface area contributed by atoms with Crippen molar-refractivity contribution in [3.8, 4) is 11.6 Å². The summed E-state index contributed by atoms with van der Waals surface area (Å²) < 4.78 is 7.56. The lowest BCUT2D eigenvalue weighted by molar-refractivity contribution is -0.120. The molecule has 1 N–H and O–H groups in total. The highest BCUT2D eigenvalue weighted by molar-refractivity contribution is 8.00. The number of carbonyl (C=O) groups is 1. The molecule has 2 heterocycles. The molecule has 0 radical (unpaired) electrons. The molecule has 2 aromatic heterocycles. The van der Waals surface area contributed by atoms with Crippen LogP contribution < -0.4 is 5.32 Å². The summed E-state index contributed by atoms with van der Waals surface area (Å²) in [4.78, 5) is 12.6. The first-order chi connectivity index (χ1) is 13.0. The first kappa shape index (κ1) is 20.0. The Morgan fingerprint density at radius 2 is 2.07 bits per heavy atom. The van der Waals surface area contributed by atoms with E-state index in [2.05, 4.69) is 33.9 Å². The molecule has 3 rings (SSSR count). The Morgan fingerprint density at radius 3 is 2.74 bits per heavy atom. The molecule has 1 atom stereocenters. The van der Waals surface area contributed by atoms with Crippen molar-refractivity contribution >= 4 is 17.7 Å². The van der Waals surface area contributed by atoms with Gasteiger partial charge in [-0.3, -0.25) is 9.36 Å². The van der Waals surface area contributed by atoms with Crippen LogP contribution >= 0.6 is 11.8 Å². The second-order valence-corrected chi connectivity index (χ2v) is 9.11. The van der Waals surface area contributed by atoms with Crippen LogP contribution in [0.25, 0.3) is 11.6 Å². The molecule has 1 aliphatic rings. The number of nitrogens with zero attached hydrogens (tertiary/aromatic N) is 3. The zero-order valence-electron chi connectivity index (χ0n) is 16.5. The Labute approximate surface area is 165 Å². The van der Waals surface area contributed by atoms with Crippen molar-refractivity contribution in [2.24, 2.45) is 11.8 Å². The van der Waals surface area contributed by atoms with E-state index in [1.54, 1.807) is 6.26 Å². The molecule has 1 fully saturated rings. The topological polar surface area (TPSA) is 73.0 Å². The Kier molecular flexibility index (Phi) is 6.99. The molecule has 2 aromatic rings. The van der Waals surface area contributed by atoms with Gasteiger partial charge in [0.25, 0.3) is 0 Å². The molecular formula is C20H30N4O2S. The summed E-state index contributed by atoms with van der Waals surface area (Å²) in [5, 5.41) is 12.3. The maximum absolute atomic E-state index is 12.6. The summed E-state index contributed by atoms with van der Waals surface area (Å²) in [5.74, 6) is 2.55.